The lowest BCUT2D eigenvalue weighted by molar-refractivity contribution is 0.0767. The molecule has 10 nitrogen and oxygen atoms in total. The minimum atomic E-state index is -0.186. The third-order valence-electron chi connectivity index (χ3n) is 5.94. The molecule has 35 heavy (non-hydrogen) atoms. The highest BCUT2D eigenvalue weighted by Gasteiger charge is 2.22. The van der Waals surface area contributed by atoms with Crippen molar-refractivity contribution in [3.63, 3.8) is 0 Å². The van der Waals surface area contributed by atoms with Crippen LogP contribution in [-0.2, 0) is 13.5 Å². The number of carbonyl (C=O) groups excluding carboxylic acids is 1. The zero-order valence-corrected chi connectivity index (χ0v) is 20.6. The summed E-state index contributed by atoms with van der Waals surface area (Å²) in [6.45, 7) is 8.45. The monoisotopic (exact) mass is 475 g/mol. The lowest BCUT2D eigenvalue weighted by atomic mass is 10.1. The van der Waals surface area contributed by atoms with Crippen LogP contribution in [-0.4, -0.2) is 68.1 Å². The van der Waals surface area contributed by atoms with Gasteiger partial charge in [0.05, 0.1) is 31.7 Å². The van der Waals surface area contributed by atoms with E-state index in [2.05, 4.69) is 31.8 Å². The van der Waals surface area contributed by atoms with Crippen LogP contribution < -0.4 is 9.47 Å². The van der Waals surface area contributed by atoms with Crippen LogP contribution in [0.15, 0.2) is 31.1 Å². The number of carbonyl (C=O) groups is 1. The van der Waals surface area contributed by atoms with E-state index in [1.54, 1.807) is 48.3 Å². The molecule has 0 atom stereocenters. The third-order valence-corrected chi connectivity index (χ3v) is 5.94. The normalized spacial score (nSPS) is 11.0. The number of fused-ring (bicyclic) bond motifs is 1. The molecule has 4 heterocycles. The summed E-state index contributed by atoms with van der Waals surface area (Å²) in [7, 11) is 5.12. The fraction of sp³-hybridized carbons (Fsp3) is 0.320. The van der Waals surface area contributed by atoms with Crippen LogP contribution in [0.5, 0.6) is 11.6 Å². The van der Waals surface area contributed by atoms with Gasteiger partial charge in [-0.25, -0.2) is 4.98 Å². The van der Waals surface area contributed by atoms with Gasteiger partial charge < -0.3 is 14.4 Å². The van der Waals surface area contributed by atoms with Crippen molar-refractivity contribution >= 4 is 22.9 Å². The molecular formula is C25H29N7O3. The van der Waals surface area contributed by atoms with E-state index in [0.717, 1.165) is 39.8 Å². The van der Waals surface area contributed by atoms with Crippen LogP contribution in [0.4, 0.5) is 0 Å². The van der Waals surface area contributed by atoms with Gasteiger partial charge in [-0.3, -0.25) is 19.6 Å². The molecular weight excluding hydrogens is 446 g/mol. The number of aryl methyl sites for hydroxylation is 2. The van der Waals surface area contributed by atoms with Gasteiger partial charge in [0.15, 0.2) is 5.69 Å². The van der Waals surface area contributed by atoms with Gasteiger partial charge in [-0.2, -0.15) is 10.2 Å². The van der Waals surface area contributed by atoms with Gasteiger partial charge >= 0.3 is 0 Å². The Labute approximate surface area is 203 Å². The van der Waals surface area contributed by atoms with Gasteiger partial charge in [0.25, 0.3) is 5.91 Å². The number of likely N-dealkylation sites (N-methyl/N-ethyl adjacent to an activating group) is 1. The highest BCUT2D eigenvalue weighted by Crippen LogP contribution is 2.32. The summed E-state index contributed by atoms with van der Waals surface area (Å²) < 4.78 is 13.1. The summed E-state index contributed by atoms with van der Waals surface area (Å²) in [5.74, 6) is 0.802. The van der Waals surface area contributed by atoms with Crippen molar-refractivity contribution in [3.05, 3.63) is 53.8 Å². The molecule has 0 unspecified atom stereocenters. The van der Waals surface area contributed by atoms with Gasteiger partial charge in [0.2, 0.25) is 5.88 Å². The molecule has 1 N–H and O–H groups in total. The summed E-state index contributed by atoms with van der Waals surface area (Å²) in [6.07, 6.45) is 5.76. The van der Waals surface area contributed by atoms with E-state index in [1.165, 1.54) is 0 Å². The topological polar surface area (TPSA) is 111 Å². The Balaban J connectivity index is 1.52. The summed E-state index contributed by atoms with van der Waals surface area (Å²) in [5.41, 5.74) is 5.31. The second-order valence-corrected chi connectivity index (χ2v) is 8.12. The molecule has 182 valence electrons. The maximum Gasteiger partial charge on any atom is 0.274 e. The van der Waals surface area contributed by atoms with Crippen molar-refractivity contribution in [2.45, 2.75) is 20.3 Å². The molecule has 0 aromatic carbocycles. The molecule has 0 spiro atoms. The van der Waals surface area contributed by atoms with Gasteiger partial charge in [-0.1, -0.05) is 19.6 Å². The zero-order chi connectivity index (χ0) is 25.1. The number of hydrogen-bond donors (Lipinski definition) is 1. The second-order valence-electron chi connectivity index (χ2n) is 8.12. The van der Waals surface area contributed by atoms with Gasteiger partial charge in [0, 0.05) is 48.1 Å². The van der Waals surface area contributed by atoms with E-state index in [1.807, 2.05) is 27.0 Å². The maximum atomic E-state index is 13.1. The van der Waals surface area contributed by atoms with Crippen LogP contribution in [0.1, 0.15) is 34.4 Å². The van der Waals surface area contributed by atoms with Crippen molar-refractivity contribution in [2.24, 2.45) is 7.05 Å². The average Bonchev–Trinajstić information content (AvgIpc) is 3.41. The Hall–Kier alpha value is -4.21. The first-order valence-electron chi connectivity index (χ1n) is 11.3. The SMILES string of the molecule is C=Cc1c(C(=O)N(C)CCOc2cnc(OC)cc2-c2cc3c(C)[nH]nc3cn2)nn(C)c1CC. The number of pyridine rings is 2. The minimum absolute atomic E-state index is 0.186. The predicted octanol–water partition coefficient (Wildman–Crippen LogP) is 3.43. The second kappa shape index (κ2) is 9.96. The Morgan fingerprint density at radius 2 is 2.09 bits per heavy atom. The number of H-pyrrole nitrogens is 1. The Morgan fingerprint density at radius 3 is 2.80 bits per heavy atom. The van der Waals surface area contributed by atoms with Crippen LogP contribution >= 0.6 is 0 Å². The molecule has 4 aromatic heterocycles. The highest BCUT2D eigenvalue weighted by atomic mass is 16.5. The van der Waals surface area contributed by atoms with Crippen molar-refractivity contribution in [1.82, 2.24) is 34.8 Å². The van der Waals surface area contributed by atoms with Crippen molar-refractivity contribution in [2.75, 3.05) is 27.3 Å². The number of hydrogen-bond acceptors (Lipinski definition) is 7. The van der Waals surface area contributed by atoms with Crippen molar-refractivity contribution in [1.29, 1.82) is 0 Å². The number of aromatic nitrogens is 6. The molecule has 0 saturated carbocycles. The Morgan fingerprint density at radius 1 is 1.29 bits per heavy atom. The predicted molar refractivity (Wildman–Crippen MR) is 134 cm³/mol. The molecule has 0 aliphatic carbocycles. The first-order valence-corrected chi connectivity index (χ1v) is 11.3. The smallest absolute Gasteiger partial charge is 0.274 e. The lowest BCUT2D eigenvalue weighted by Gasteiger charge is -2.18. The van der Waals surface area contributed by atoms with Gasteiger partial charge in [-0.05, 0) is 19.4 Å². The fourth-order valence-corrected chi connectivity index (χ4v) is 3.98. The Bertz CT molecular complexity index is 1390. The maximum absolute atomic E-state index is 13.1. The quantitative estimate of drug-likeness (QED) is 0.395. The molecule has 1 amide bonds. The summed E-state index contributed by atoms with van der Waals surface area (Å²) in [4.78, 5) is 23.5. The van der Waals surface area contributed by atoms with Crippen LogP contribution in [0.25, 0.3) is 28.2 Å². The minimum Gasteiger partial charge on any atom is -0.489 e. The number of aromatic amines is 1. The fourth-order valence-electron chi connectivity index (χ4n) is 3.98. The first kappa shape index (κ1) is 23.9. The van der Waals surface area contributed by atoms with E-state index in [0.29, 0.717) is 29.6 Å². The van der Waals surface area contributed by atoms with E-state index in [-0.39, 0.29) is 12.5 Å². The van der Waals surface area contributed by atoms with E-state index in [9.17, 15) is 4.79 Å². The van der Waals surface area contributed by atoms with E-state index >= 15 is 0 Å². The molecule has 0 bridgehead atoms. The number of ether oxygens (including phenoxy) is 2. The average molecular weight is 476 g/mol. The molecule has 4 rings (SSSR count). The standard InChI is InChI=1S/C25H29N7O3/c1-7-16-21(8-2)32(5)30-24(16)25(33)31(4)9-10-35-22-14-27-23(34-6)12-18(22)19-11-17-15(3)28-29-20(17)13-26-19/h7,11-14H,1,8-10H2,2-6H3,(H,28,29). The van der Waals surface area contributed by atoms with Crippen molar-refractivity contribution < 1.29 is 14.3 Å². The van der Waals surface area contributed by atoms with Gasteiger partial charge in [-0.15, -0.1) is 0 Å². The number of methoxy groups -OCH3 is 1. The number of nitrogens with one attached hydrogen (secondary N) is 1. The molecule has 0 aliphatic heterocycles. The van der Waals surface area contributed by atoms with E-state index in [4.69, 9.17) is 9.47 Å². The summed E-state index contributed by atoms with van der Waals surface area (Å²) >= 11 is 0. The number of rotatable bonds is 9. The van der Waals surface area contributed by atoms with Gasteiger partial charge in [0.1, 0.15) is 17.9 Å². The van der Waals surface area contributed by atoms with Crippen molar-refractivity contribution in [3.8, 4) is 22.9 Å². The largest absolute Gasteiger partial charge is 0.489 e. The first-order chi connectivity index (χ1) is 16.9. The van der Waals surface area contributed by atoms with E-state index < -0.39 is 0 Å². The molecule has 0 saturated heterocycles. The molecule has 0 aliphatic rings. The number of amides is 1. The molecule has 0 radical (unpaired) electrons. The summed E-state index contributed by atoms with van der Waals surface area (Å²) in [5, 5.41) is 12.6. The molecule has 10 heteroatoms. The van der Waals surface area contributed by atoms with Crippen LogP contribution in [0.3, 0.4) is 0 Å². The highest BCUT2D eigenvalue weighted by molar-refractivity contribution is 5.96. The zero-order valence-electron chi connectivity index (χ0n) is 20.6. The summed E-state index contributed by atoms with van der Waals surface area (Å²) in [6, 6.07) is 3.74. The van der Waals surface area contributed by atoms with Crippen LogP contribution in [0, 0.1) is 6.92 Å². The Kier molecular flexibility index (Phi) is 6.81. The molecule has 4 aromatic rings. The third kappa shape index (κ3) is 4.59. The molecule has 0 fully saturated rings. The lowest BCUT2D eigenvalue weighted by Crippen LogP contribution is -2.31. The van der Waals surface area contributed by atoms with Crippen LogP contribution in [0.2, 0.25) is 0 Å². The number of nitrogens with zero attached hydrogens (tertiary/aromatic N) is 6.